The van der Waals surface area contributed by atoms with Gasteiger partial charge in [-0.3, -0.25) is 4.31 Å². The molecule has 5 nitrogen and oxygen atoms in total. The van der Waals surface area contributed by atoms with E-state index in [1.807, 2.05) is 13.0 Å². The topological polar surface area (TPSA) is 70.4 Å². The quantitative estimate of drug-likeness (QED) is 0.730. The number of nitriles is 1. The zero-order valence-electron chi connectivity index (χ0n) is 10.5. The molecule has 0 unspecified atom stereocenters. The first-order chi connectivity index (χ1) is 8.51. The highest BCUT2D eigenvalue weighted by Crippen LogP contribution is 2.16. The van der Waals surface area contributed by atoms with Crippen LogP contribution in [-0.2, 0) is 14.8 Å². The number of ether oxygens (including phenoxy) is 1. The van der Waals surface area contributed by atoms with Crippen molar-refractivity contribution >= 4 is 15.7 Å². The molecule has 0 saturated carbocycles. The molecule has 0 N–H and O–H groups in total. The summed E-state index contributed by atoms with van der Waals surface area (Å²) in [5.74, 6) is -0.0582. The second-order valence-corrected chi connectivity index (χ2v) is 5.76. The first-order valence-electron chi connectivity index (χ1n) is 5.55. The Morgan fingerprint density at radius 1 is 1.33 bits per heavy atom. The minimum absolute atomic E-state index is 0.0582. The first-order valence-corrected chi connectivity index (χ1v) is 7.16. The van der Waals surface area contributed by atoms with Crippen LogP contribution < -0.4 is 4.31 Å². The number of benzene rings is 1. The lowest BCUT2D eigenvalue weighted by Crippen LogP contribution is -2.30. The van der Waals surface area contributed by atoms with Crippen LogP contribution in [0, 0.1) is 11.3 Å². The fourth-order valence-corrected chi connectivity index (χ4v) is 2.40. The maximum Gasteiger partial charge on any atom is 0.237 e. The van der Waals surface area contributed by atoms with Gasteiger partial charge in [0.1, 0.15) is 0 Å². The van der Waals surface area contributed by atoms with E-state index in [-0.39, 0.29) is 12.4 Å². The summed E-state index contributed by atoms with van der Waals surface area (Å²) in [5.41, 5.74) is 1.03. The van der Waals surface area contributed by atoms with Gasteiger partial charge in [-0.05, 0) is 31.2 Å². The standard InChI is InChI=1S/C12H16N2O3S/c1-3-17-8-9-18(15,16)14(2)12-6-4-11(10-13)5-7-12/h4-7H,3,8-9H2,1-2H3. The predicted molar refractivity (Wildman–Crippen MR) is 69.8 cm³/mol. The molecular weight excluding hydrogens is 252 g/mol. The van der Waals surface area contributed by atoms with E-state index in [0.717, 1.165) is 0 Å². The number of rotatable bonds is 6. The highest BCUT2D eigenvalue weighted by Gasteiger charge is 2.17. The number of hydrogen-bond acceptors (Lipinski definition) is 4. The van der Waals surface area contributed by atoms with Gasteiger partial charge in [-0.15, -0.1) is 0 Å². The molecule has 0 fully saturated rings. The number of hydrogen-bond donors (Lipinski definition) is 0. The molecule has 0 radical (unpaired) electrons. The molecule has 0 spiro atoms. The summed E-state index contributed by atoms with van der Waals surface area (Å²) in [7, 11) is -1.89. The third kappa shape index (κ3) is 3.72. The van der Waals surface area contributed by atoms with E-state index in [1.54, 1.807) is 24.3 Å². The van der Waals surface area contributed by atoms with Crippen LogP contribution in [0.4, 0.5) is 5.69 Å². The van der Waals surface area contributed by atoms with E-state index in [1.165, 1.54) is 11.4 Å². The van der Waals surface area contributed by atoms with Gasteiger partial charge in [-0.1, -0.05) is 0 Å². The number of sulfonamides is 1. The van der Waals surface area contributed by atoms with Gasteiger partial charge in [-0.25, -0.2) is 8.42 Å². The van der Waals surface area contributed by atoms with E-state index in [2.05, 4.69) is 0 Å². The highest BCUT2D eigenvalue weighted by molar-refractivity contribution is 7.92. The van der Waals surface area contributed by atoms with Crippen molar-refractivity contribution in [3.63, 3.8) is 0 Å². The van der Waals surface area contributed by atoms with Crippen molar-refractivity contribution in [1.29, 1.82) is 5.26 Å². The van der Waals surface area contributed by atoms with E-state index in [0.29, 0.717) is 17.9 Å². The molecule has 98 valence electrons. The van der Waals surface area contributed by atoms with Gasteiger partial charge in [0, 0.05) is 13.7 Å². The average molecular weight is 268 g/mol. The lowest BCUT2D eigenvalue weighted by molar-refractivity contribution is 0.163. The Labute approximate surface area is 108 Å². The van der Waals surface area contributed by atoms with Crippen molar-refractivity contribution in [1.82, 2.24) is 0 Å². The zero-order valence-corrected chi connectivity index (χ0v) is 11.3. The van der Waals surface area contributed by atoms with Crippen molar-refractivity contribution in [2.45, 2.75) is 6.92 Å². The predicted octanol–water partition coefficient (Wildman–Crippen LogP) is 1.36. The normalized spacial score (nSPS) is 10.9. The van der Waals surface area contributed by atoms with Gasteiger partial charge in [0.2, 0.25) is 10.0 Å². The van der Waals surface area contributed by atoms with Crippen molar-refractivity contribution in [3.8, 4) is 6.07 Å². The summed E-state index contributed by atoms with van der Waals surface area (Å²) in [6.45, 7) is 2.49. The summed E-state index contributed by atoms with van der Waals surface area (Å²) in [6.07, 6.45) is 0. The van der Waals surface area contributed by atoms with Gasteiger partial charge in [0.15, 0.2) is 0 Å². The summed E-state index contributed by atoms with van der Waals surface area (Å²) >= 11 is 0. The van der Waals surface area contributed by atoms with E-state index >= 15 is 0 Å². The SMILES string of the molecule is CCOCCS(=O)(=O)N(C)c1ccc(C#N)cc1. The Bertz CT molecular complexity index is 517. The zero-order chi connectivity index (χ0) is 13.6. The lowest BCUT2D eigenvalue weighted by atomic mass is 10.2. The summed E-state index contributed by atoms with van der Waals surface area (Å²) in [5, 5.41) is 8.67. The molecule has 0 amide bonds. The molecule has 0 atom stereocenters. The molecule has 18 heavy (non-hydrogen) atoms. The van der Waals surface area contributed by atoms with Crippen LogP contribution in [0.15, 0.2) is 24.3 Å². The van der Waals surface area contributed by atoms with Gasteiger partial charge >= 0.3 is 0 Å². The van der Waals surface area contributed by atoms with Gasteiger partial charge in [0.25, 0.3) is 0 Å². The molecule has 0 bridgehead atoms. The maximum absolute atomic E-state index is 11.9. The van der Waals surface area contributed by atoms with Gasteiger partial charge < -0.3 is 4.74 Å². The molecule has 1 aromatic rings. The molecule has 6 heteroatoms. The van der Waals surface area contributed by atoms with Crippen LogP contribution in [0.1, 0.15) is 12.5 Å². The molecule has 1 rings (SSSR count). The van der Waals surface area contributed by atoms with E-state index < -0.39 is 10.0 Å². The fraction of sp³-hybridized carbons (Fsp3) is 0.417. The average Bonchev–Trinajstić information content (AvgIpc) is 2.38. The Morgan fingerprint density at radius 2 is 1.94 bits per heavy atom. The highest BCUT2D eigenvalue weighted by atomic mass is 32.2. The first kappa shape index (κ1) is 14.5. The Morgan fingerprint density at radius 3 is 2.44 bits per heavy atom. The smallest absolute Gasteiger partial charge is 0.237 e. The van der Waals surface area contributed by atoms with Crippen LogP contribution in [0.25, 0.3) is 0 Å². The van der Waals surface area contributed by atoms with Crippen LogP contribution >= 0.6 is 0 Å². The molecule has 0 aromatic heterocycles. The van der Waals surface area contributed by atoms with Gasteiger partial charge in [0.05, 0.1) is 29.7 Å². The van der Waals surface area contributed by atoms with Gasteiger partial charge in [-0.2, -0.15) is 5.26 Å². The minimum Gasteiger partial charge on any atom is -0.381 e. The monoisotopic (exact) mass is 268 g/mol. The maximum atomic E-state index is 11.9. The molecule has 0 saturated heterocycles. The van der Waals surface area contributed by atoms with Crippen molar-refractivity contribution < 1.29 is 13.2 Å². The Hall–Kier alpha value is -1.58. The van der Waals surface area contributed by atoms with Crippen LogP contribution in [0.3, 0.4) is 0 Å². The molecular formula is C12H16N2O3S. The molecule has 0 aliphatic rings. The van der Waals surface area contributed by atoms with E-state index in [9.17, 15) is 8.42 Å². The molecule has 0 aliphatic heterocycles. The third-order valence-electron chi connectivity index (χ3n) is 2.47. The largest absolute Gasteiger partial charge is 0.381 e. The number of nitrogens with zero attached hydrogens (tertiary/aromatic N) is 2. The van der Waals surface area contributed by atoms with Crippen molar-refractivity contribution in [2.24, 2.45) is 0 Å². The summed E-state index contributed by atoms with van der Waals surface area (Å²) in [4.78, 5) is 0. The Balaban J connectivity index is 2.79. The Kier molecular flexibility index (Phi) is 5.13. The summed E-state index contributed by atoms with van der Waals surface area (Å²) in [6, 6.07) is 8.38. The van der Waals surface area contributed by atoms with Crippen LogP contribution in [0.5, 0.6) is 0 Å². The molecule has 1 aromatic carbocycles. The van der Waals surface area contributed by atoms with Crippen LogP contribution in [0.2, 0.25) is 0 Å². The summed E-state index contributed by atoms with van der Waals surface area (Å²) < 4.78 is 30.1. The second-order valence-electron chi connectivity index (χ2n) is 3.64. The number of anilines is 1. The third-order valence-corrected chi connectivity index (χ3v) is 4.19. The van der Waals surface area contributed by atoms with E-state index in [4.69, 9.17) is 10.00 Å². The minimum atomic E-state index is -3.38. The van der Waals surface area contributed by atoms with Crippen molar-refractivity contribution in [2.75, 3.05) is 30.3 Å². The molecule has 0 aliphatic carbocycles. The van der Waals surface area contributed by atoms with Crippen LogP contribution in [-0.4, -0.2) is 34.4 Å². The van der Waals surface area contributed by atoms with Crippen molar-refractivity contribution in [3.05, 3.63) is 29.8 Å². The molecule has 0 heterocycles. The second kappa shape index (κ2) is 6.38. The lowest BCUT2D eigenvalue weighted by Gasteiger charge is -2.19. The fourth-order valence-electron chi connectivity index (χ4n) is 1.35.